The van der Waals surface area contributed by atoms with Crippen LogP contribution in [0.3, 0.4) is 0 Å². The quantitative estimate of drug-likeness (QED) is 0.891. The van der Waals surface area contributed by atoms with Gasteiger partial charge in [0.25, 0.3) is 0 Å². The minimum absolute atomic E-state index is 0.0447. The number of hydrogen-bond donors (Lipinski definition) is 1. The van der Waals surface area contributed by atoms with Gasteiger partial charge in [-0.1, -0.05) is 17.7 Å². The summed E-state index contributed by atoms with van der Waals surface area (Å²) in [6, 6.07) is 3.38. The van der Waals surface area contributed by atoms with Gasteiger partial charge in [0.2, 0.25) is 10.0 Å². The molecule has 0 heterocycles. The van der Waals surface area contributed by atoms with Gasteiger partial charge in [-0.3, -0.25) is 0 Å². The number of hydrogen-bond acceptors (Lipinski definition) is 4. The molecule has 0 bridgehead atoms. The van der Waals surface area contributed by atoms with Gasteiger partial charge in [0.05, 0.1) is 11.0 Å². The van der Waals surface area contributed by atoms with E-state index >= 15 is 0 Å². The molecule has 0 aliphatic carbocycles. The number of carboxylic acid groups (broad SMARTS) is 1. The number of benzene rings is 1. The van der Waals surface area contributed by atoms with Crippen LogP contribution in [0.5, 0.6) is 0 Å². The fraction of sp³-hybridized carbons (Fsp3) is 0.364. The largest absolute Gasteiger partial charge is 0.545 e. The highest BCUT2D eigenvalue weighted by Crippen LogP contribution is 2.23. The summed E-state index contributed by atoms with van der Waals surface area (Å²) in [7, 11) is -3.88. The lowest BCUT2D eigenvalue weighted by Crippen LogP contribution is -2.40. The van der Waals surface area contributed by atoms with Crippen LogP contribution in [-0.4, -0.2) is 19.9 Å². The van der Waals surface area contributed by atoms with Crippen molar-refractivity contribution in [3.05, 3.63) is 28.8 Å². The average Bonchev–Trinajstić information content (AvgIpc) is 2.13. The first-order chi connectivity index (χ1) is 8.03. The minimum atomic E-state index is -3.88. The highest BCUT2D eigenvalue weighted by Gasteiger charge is 2.24. The van der Waals surface area contributed by atoms with E-state index in [-0.39, 0.29) is 15.5 Å². The Morgan fingerprint density at radius 1 is 1.33 bits per heavy atom. The summed E-state index contributed by atoms with van der Waals surface area (Å²) in [6.45, 7) is 5.00. The van der Waals surface area contributed by atoms with Gasteiger partial charge in [-0.2, -0.15) is 0 Å². The zero-order valence-corrected chi connectivity index (χ0v) is 11.7. The summed E-state index contributed by atoms with van der Waals surface area (Å²) in [6.07, 6.45) is 0. The summed E-state index contributed by atoms with van der Waals surface area (Å²) in [5.41, 5.74) is -0.937. The molecule has 0 spiro atoms. The number of halogens is 1. The van der Waals surface area contributed by atoms with Gasteiger partial charge in [-0.15, -0.1) is 0 Å². The number of carbonyl (C=O) groups is 1. The minimum Gasteiger partial charge on any atom is -0.545 e. The van der Waals surface area contributed by atoms with Crippen molar-refractivity contribution in [3.8, 4) is 0 Å². The molecule has 100 valence electrons. The van der Waals surface area contributed by atoms with E-state index in [1.54, 1.807) is 20.8 Å². The number of aromatic carboxylic acids is 1. The summed E-state index contributed by atoms with van der Waals surface area (Å²) in [5, 5.41) is 10.7. The Bertz CT molecular complexity index is 575. The molecule has 1 aromatic carbocycles. The highest BCUT2D eigenvalue weighted by atomic mass is 35.5. The van der Waals surface area contributed by atoms with Crippen LogP contribution in [0.25, 0.3) is 0 Å². The Kier molecular flexibility index (Phi) is 4.05. The van der Waals surface area contributed by atoms with Gasteiger partial charge in [-0.25, -0.2) is 13.1 Å². The first kappa shape index (κ1) is 14.9. The Labute approximate surface area is 111 Å². The molecule has 0 unspecified atom stereocenters. The van der Waals surface area contributed by atoms with Crippen molar-refractivity contribution in [1.29, 1.82) is 0 Å². The molecule has 0 aliphatic heterocycles. The fourth-order valence-electron chi connectivity index (χ4n) is 1.29. The third kappa shape index (κ3) is 3.69. The molecule has 0 aliphatic rings. The van der Waals surface area contributed by atoms with Crippen molar-refractivity contribution >= 4 is 27.6 Å². The first-order valence-corrected chi connectivity index (χ1v) is 6.94. The second-order valence-corrected chi connectivity index (χ2v) is 6.85. The number of nitrogens with one attached hydrogen (secondary N) is 1. The van der Waals surface area contributed by atoms with Crippen molar-refractivity contribution in [3.63, 3.8) is 0 Å². The molecule has 0 saturated carbocycles. The molecular weight excluding hydrogens is 278 g/mol. The van der Waals surface area contributed by atoms with E-state index in [2.05, 4.69) is 4.72 Å². The summed E-state index contributed by atoms with van der Waals surface area (Å²) in [4.78, 5) is 10.4. The van der Waals surface area contributed by atoms with E-state index in [1.165, 1.54) is 12.1 Å². The van der Waals surface area contributed by atoms with E-state index in [4.69, 9.17) is 11.6 Å². The lowest BCUT2D eigenvalue weighted by molar-refractivity contribution is -0.255. The molecule has 0 amide bonds. The summed E-state index contributed by atoms with van der Waals surface area (Å²) < 4.78 is 26.5. The predicted molar refractivity (Wildman–Crippen MR) is 65.9 cm³/mol. The van der Waals surface area contributed by atoms with Crippen LogP contribution in [0.15, 0.2) is 23.1 Å². The number of sulfonamides is 1. The maximum absolute atomic E-state index is 12.0. The van der Waals surface area contributed by atoms with Crippen LogP contribution in [-0.2, 0) is 10.0 Å². The second kappa shape index (κ2) is 4.87. The van der Waals surface area contributed by atoms with E-state index < -0.39 is 21.5 Å². The van der Waals surface area contributed by atoms with Crippen molar-refractivity contribution in [2.75, 3.05) is 0 Å². The molecule has 0 saturated heterocycles. The molecule has 1 aromatic rings. The van der Waals surface area contributed by atoms with Gasteiger partial charge >= 0.3 is 0 Å². The molecule has 5 nitrogen and oxygen atoms in total. The third-order valence-electron chi connectivity index (χ3n) is 1.90. The van der Waals surface area contributed by atoms with Crippen LogP contribution in [0.2, 0.25) is 5.02 Å². The molecule has 0 atom stereocenters. The molecule has 7 heteroatoms. The summed E-state index contributed by atoms with van der Waals surface area (Å²) in [5.74, 6) is -1.46. The SMILES string of the molecule is CC(C)(C)NS(=O)(=O)c1cc(C(=O)[O-])ccc1Cl. The van der Waals surface area contributed by atoms with E-state index in [0.717, 1.165) is 6.07 Å². The highest BCUT2D eigenvalue weighted by molar-refractivity contribution is 7.89. The summed E-state index contributed by atoms with van der Waals surface area (Å²) >= 11 is 5.78. The third-order valence-corrected chi connectivity index (χ3v) is 4.14. The van der Waals surface area contributed by atoms with Gasteiger partial charge in [0.15, 0.2) is 0 Å². The average molecular weight is 291 g/mol. The molecule has 1 rings (SSSR count). The van der Waals surface area contributed by atoms with Crippen molar-refractivity contribution < 1.29 is 18.3 Å². The van der Waals surface area contributed by atoms with E-state index in [0.29, 0.717) is 0 Å². The van der Waals surface area contributed by atoms with Crippen molar-refractivity contribution in [2.24, 2.45) is 0 Å². The lowest BCUT2D eigenvalue weighted by atomic mass is 10.1. The van der Waals surface area contributed by atoms with Crippen molar-refractivity contribution in [2.45, 2.75) is 31.2 Å². The number of carboxylic acids is 1. The lowest BCUT2D eigenvalue weighted by Gasteiger charge is -2.21. The fourth-order valence-corrected chi connectivity index (χ4v) is 3.24. The Hall–Kier alpha value is -1.11. The van der Waals surface area contributed by atoms with Crippen LogP contribution in [0.4, 0.5) is 0 Å². The number of carbonyl (C=O) groups excluding carboxylic acids is 1. The molecule has 1 N–H and O–H groups in total. The standard InChI is InChI=1S/C11H14ClNO4S/c1-11(2,3)13-18(16,17)9-6-7(10(14)15)4-5-8(9)12/h4-6,13H,1-3H3,(H,14,15)/p-1. The van der Waals surface area contributed by atoms with Gasteiger partial charge < -0.3 is 9.90 Å². The second-order valence-electron chi connectivity index (χ2n) is 4.79. The molecular formula is C11H13ClNO4S-. The normalized spacial score (nSPS) is 12.4. The van der Waals surface area contributed by atoms with Gasteiger partial charge in [0.1, 0.15) is 4.90 Å². The van der Waals surface area contributed by atoms with Crippen LogP contribution < -0.4 is 9.83 Å². The maximum atomic E-state index is 12.0. The molecule has 0 fully saturated rings. The Morgan fingerprint density at radius 2 is 1.89 bits per heavy atom. The monoisotopic (exact) mass is 290 g/mol. The topological polar surface area (TPSA) is 86.3 Å². The van der Waals surface area contributed by atoms with Crippen molar-refractivity contribution in [1.82, 2.24) is 4.72 Å². The van der Waals surface area contributed by atoms with Gasteiger partial charge in [0, 0.05) is 5.54 Å². The molecule has 0 aromatic heterocycles. The van der Waals surface area contributed by atoms with E-state index in [9.17, 15) is 18.3 Å². The van der Waals surface area contributed by atoms with E-state index in [1.807, 2.05) is 0 Å². The number of rotatable bonds is 3. The zero-order valence-electron chi connectivity index (χ0n) is 10.2. The maximum Gasteiger partial charge on any atom is 0.242 e. The first-order valence-electron chi connectivity index (χ1n) is 5.08. The predicted octanol–water partition coefficient (Wildman–Crippen LogP) is 0.780. The van der Waals surface area contributed by atoms with Crippen LogP contribution in [0.1, 0.15) is 31.1 Å². The van der Waals surface area contributed by atoms with Crippen LogP contribution in [0, 0.1) is 0 Å². The smallest absolute Gasteiger partial charge is 0.242 e. The molecule has 0 radical (unpaired) electrons. The molecule has 18 heavy (non-hydrogen) atoms. The zero-order chi connectivity index (χ0) is 14.1. The van der Waals surface area contributed by atoms with Crippen LogP contribution >= 0.6 is 11.6 Å². The Morgan fingerprint density at radius 3 is 2.33 bits per heavy atom. The van der Waals surface area contributed by atoms with Gasteiger partial charge in [-0.05, 0) is 38.5 Å². The Balaban J connectivity index is 3.32.